The summed E-state index contributed by atoms with van der Waals surface area (Å²) >= 11 is 9.21. The molecule has 92 valence electrons. The van der Waals surface area contributed by atoms with E-state index in [2.05, 4.69) is 15.9 Å². The van der Waals surface area contributed by atoms with Gasteiger partial charge in [0, 0.05) is 20.6 Å². The average molecular weight is 325 g/mol. The Morgan fingerprint density at radius 2 is 1.78 bits per heavy atom. The Balaban J connectivity index is 2.15. The average Bonchev–Trinajstić information content (AvgIpc) is 2.35. The SMILES string of the molecule is [O-]/[N+](=C\c1ccc(Cl)cc1)Cc1ccccc1Br. The third-order valence-corrected chi connectivity index (χ3v) is 3.47. The summed E-state index contributed by atoms with van der Waals surface area (Å²) in [6.07, 6.45) is 1.55. The van der Waals surface area contributed by atoms with Crippen molar-refractivity contribution in [1.29, 1.82) is 0 Å². The normalized spacial score (nSPS) is 11.6. The molecule has 18 heavy (non-hydrogen) atoms. The summed E-state index contributed by atoms with van der Waals surface area (Å²) in [5.41, 5.74) is 1.79. The lowest BCUT2D eigenvalue weighted by molar-refractivity contribution is -0.469. The van der Waals surface area contributed by atoms with Crippen molar-refractivity contribution in [3.63, 3.8) is 0 Å². The number of halogens is 2. The largest absolute Gasteiger partial charge is 0.624 e. The topological polar surface area (TPSA) is 26.1 Å². The minimum Gasteiger partial charge on any atom is -0.624 e. The van der Waals surface area contributed by atoms with Gasteiger partial charge in [-0.2, -0.15) is 0 Å². The van der Waals surface area contributed by atoms with Gasteiger partial charge in [0.15, 0.2) is 12.8 Å². The van der Waals surface area contributed by atoms with Gasteiger partial charge in [-0.05, 0) is 30.3 Å². The maximum atomic E-state index is 11.8. The highest BCUT2D eigenvalue weighted by Gasteiger charge is 2.03. The van der Waals surface area contributed by atoms with Gasteiger partial charge in [-0.3, -0.25) is 0 Å². The first kappa shape index (κ1) is 13.1. The van der Waals surface area contributed by atoms with Gasteiger partial charge in [0.2, 0.25) is 0 Å². The van der Waals surface area contributed by atoms with Gasteiger partial charge in [-0.15, -0.1) is 0 Å². The van der Waals surface area contributed by atoms with Gasteiger partial charge in [-0.1, -0.05) is 45.7 Å². The van der Waals surface area contributed by atoms with Crippen LogP contribution in [0.15, 0.2) is 53.0 Å². The molecule has 0 saturated heterocycles. The minimum atomic E-state index is 0.310. The molecule has 2 aromatic rings. The first-order valence-electron chi connectivity index (χ1n) is 5.43. The Labute approximate surface area is 119 Å². The van der Waals surface area contributed by atoms with Crippen LogP contribution in [-0.4, -0.2) is 11.0 Å². The van der Waals surface area contributed by atoms with E-state index in [0.717, 1.165) is 20.3 Å². The molecule has 0 heterocycles. The predicted molar refractivity (Wildman–Crippen MR) is 78.1 cm³/mol. The van der Waals surface area contributed by atoms with Crippen LogP contribution in [0, 0.1) is 5.21 Å². The highest BCUT2D eigenvalue weighted by molar-refractivity contribution is 9.10. The number of hydroxylamine groups is 1. The molecule has 2 nitrogen and oxygen atoms in total. The lowest BCUT2D eigenvalue weighted by Crippen LogP contribution is -2.06. The molecule has 0 aliphatic rings. The van der Waals surface area contributed by atoms with Crippen molar-refractivity contribution >= 4 is 33.7 Å². The zero-order valence-electron chi connectivity index (χ0n) is 9.51. The standard InChI is InChI=1S/C14H11BrClNO/c15-14-4-2-1-3-12(14)10-17(18)9-11-5-7-13(16)8-6-11/h1-9H,10H2/b17-9-. The molecule has 0 unspecified atom stereocenters. The number of hydrogen-bond donors (Lipinski definition) is 0. The van der Waals surface area contributed by atoms with Crippen LogP contribution in [0.25, 0.3) is 0 Å². The van der Waals surface area contributed by atoms with Crippen molar-refractivity contribution in [3.05, 3.63) is 74.4 Å². The fourth-order valence-electron chi connectivity index (χ4n) is 1.56. The van der Waals surface area contributed by atoms with Crippen molar-refractivity contribution < 1.29 is 4.74 Å². The predicted octanol–water partition coefficient (Wildman–Crippen LogP) is 4.23. The summed E-state index contributed by atoms with van der Waals surface area (Å²) in [4.78, 5) is 0. The van der Waals surface area contributed by atoms with Crippen LogP contribution < -0.4 is 0 Å². The third-order valence-electron chi connectivity index (χ3n) is 2.45. The Morgan fingerprint density at radius 1 is 1.11 bits per heavy atom. The summed E-state index contributed by atoms with van der Waals surface area (Å²) in [5.74, 6) is 0. The molecule has 0 aromatic heterocycles. The second kappa shape index (κ2) is 6.03. The maximum absolute atomic E-state index is 11.8. The molecule has 0 N–H and O–H groups in total. The molecule has 4 heteroatoms. The molecular formula is C14H11BrClNO. The van der Waals surface area contributed by atoms with Gasteiger partial charge in [0.25, 0.3) is 0 Å². The number of nitrogens with zero attached hydrogens (tertiary/aromatic N) is 1. The monoisotopic (exact) mass is 323 g/mol. The third kappa shape index (κ3) is 3.59. The summed E-state index contributed by atoms with van der Waals surface area (Å²) in [6.45, 7) is 0.310. The molecule has 0 aliphatic carbocycles. The molecule has 0 aliphatic heterocycles. The molecule has 0 bridgehead atoms. The Morgan fingerprint density at radius 3 is 2.44 bits per heavy atom. The molecule has 0 saturated carbocycles. The number of hydrogen-bond acceptors (Lipinski definition) is 1. The first-order chi connectivity index (χ1) is 8.65. The minimum absolute atomic E-state index is 0.310. The van der Waals surface area contributed by atoms with E-state index in [1.807, 2.05) is 36.4 Å². The van der Waals surface area contributed by atoms with Gasteiger partial charge in [-0.25, -0.2) is 4.74 Å². The number of benzene rings is 2. The highest BCUT2D eigenvalue weighted by atomic mass is 79.9. The first-order valence-corrected chi connectivity index (χ1v) is 6.60. The summed E-state index contributed by atoms with van der Waals surface area (Å²) < 4.78 is 1.85. The molecule has 0 fully saturated rings. The van der Waals surface area contributed by atoms with E-state index < -0.39 is 0 Å². The molecule has 0 spiro atoms. The van der Waals surface area contributed by atoms with E-state index in [4.69, 9.17) is 11.6 Å². The second-order valence-electron chi connectivity index (χ2n) is 3.85. The number of rotatable bonds is 3. The maximum Gasteiger partial charge on any atom is 0.182 e. The fourth-order valence-corrected chi connectivity index (χ4v) is 2.09. The lowest BCUT2D eigenvalue weighted by atomic mass is 10.2. The molecule has 0 radical (unpaired) electrons. The van der Waals surface area contributed by atoms with Crippen LogP contribution in [0.2, 0.25) is 5.02 Å². The molecular weight excluding hydrogens is 314 g/mol. The van der Waals surface area contributed by atoms with E-state index in [0.29, 0.717) is 11.6 Å². The van der Waals surface area contributed by atoms with Gasteiger partial charge in [0.05, 0.1) is 0 Å². The summed E-state index contributed by atoms with van der Waals surface area (Å²) in [5, 5.41) is 12.5. The van der Waals surface area contributed by atoms with E-state index >= 15 is 0 Å². The van der Waals surface area contributed by atoms with Crippen LogP contribution in [-0.2, 0) is 6.54 Å². The summed E-state index contributed by atoms with van der Waals surface area (Å²) in [7, 11) is 0. The van der Waals surface area contributed by atoms with Crippen molar-refractivity contribution in [2.45, 2.75) is 6.54 Å². The van der Waals surface area contributed by atoms with Crippen molar-refractivity contribution in [3.8, 4) is 0 Å². The van der Waals surface area contributed by atoms with Gasteiger partial charge in [0.1, 0.15) is 0 Å². The van der Waals surface area contributed by atoms with E-state index in [-0.39, 0.29) is 0 Å². The zero-order chi connectivity index (χ0) is 13.0. The quantitative estimate of drug-likeness (QED) is 0.359. The zero-order valence-corrected chi connectivity index (χ0v) is 11.9. The molecule has 0 atom stereocenters. The molecule has 2 rings (SSSR count). The second-order valence-corrected chi connectivity index (χ2v) is 5.14. The summed E-state index contributed by atoms with van der Waals surface area (Å²) in [6, 6.07) is 14.8. The fraction of sp³-hybridized carbons (Fsp3) is 0.0714. The Bertz CT molecular complexity index is 566. The Kier molecular flexibility index (Phi) is 4.39. The van der Waals surface area contributed by atoms with Crippen molar-refractivity contribution in [2.75, 3.05) is 0 Å². The Hall–Kier alpha value is -1.32. The van der Waals surface area contributed by atoms with E-state index in [9.17, 15) is 5.21 Å². The van der Waals surface area contributed by atoms with E-state index in [1.165, 1.54) is 0 Å². The van der Waals surface area contributed by atoms with Crippen LogP contribution in [0.5, 0.6) is 0 Å². The van der Waals surface area contributed by atoms with Gasteiger partial charge >= 0.3 is 0 Å². The molecule has 0 amide bonds. The molecule has 2 aromatic carbocycles. The van der Waals surface area contributed by atoms with Crippen molar-refractivity contribution in [2.24, 2.45) is 0 Å². The smallest absolute Gasteiger partial charge is 0.182 e. The lowest BCUT2D eigenvalue weighted by Gasteiger charge is -2.05. The van der Waals surface area contributed by atoms with E-state index in [1.54, 1.807) is 18.3 Å². The van der Waals surface area contributed by atoms with Crippen LogP contribution in [0.1, 0.15) is 11.1 Å². The van der Waals surface area contributed by atoms with Crippen LogP contribution >= 0.6 is 27.5 Å². The van der Waals surface area contributed by atoms with Crippen LogP contribution in [0.3, 0.4) is 0 Å². The van der Waals surface area contributed by atoms with Crippen LogP contribution in [0.4, 0.5) is 0 Å². The van der Waals surface area contributed by atoms with Crippen molar-refractivity contribution in [1.82, 2.24) is 0 Å². The highest BCUT2D eigenvalue weighted by Crippen LogP contribution is 2.16. The van der Waals surface area contributed by atoms with Gasteiger partial charge < -0.3 is 5.21 Å².